The lowest BCUT2D eigenvalue weighted by atomic mass is 10.1. The minimum absolute atomic E-state index is 0.193. The number of aryl methyl sites for hydroxylation is 1. The molecule has 29 heavy (non-hydrogen) atoms. The summed E-state index contributed by atoms with van der Waals surface area (Å²) in [6.07, 6.45) is 0.444. The average molecular weight is 392 g/mol. The monoisotopic (exact) mass is 392 g/mol. The van der Waals surface area contributed by atoms with E-state index in [1.807, 2.05) is 31.2 Å². The number of H-pyrrole nitrogens is 1. The van der Waals surface area contributed by atoms with Crippen molar-refractivity contribution in [1.82, 2.24) is 20.2 Å². The van der Waals surface area contributed by atoms with Gasteiger partial charge in [0.1, 0.15) is 11.6 Å². The molecule has 0 saturated heterocycles. The van der Waals surface area contributed by atoms with E-state index in [1.54, 1.807) is 17.0 Å². The Kier molecular flexibility index (Phi) is 5.12. The van der Waals surface area contributed by atoms with E-state index in [0.717, 1.165) is 5.56 Å². The Bertz CT molecular complexity index is 1090. The lowest BCUT2D eigenvalue weighted by Gasteiger charge is -2.28. The predicted molar refractivity (Wildman–Crippen MR) is 108 cm³/mol. The van der Waals surface area contributed by atoms with Gasteiger partial charge in [0.05, 0.1) is 12.2 Å². The van der Waals surface area contributed by atoms with Crippen LogP contribution >= 0.6 is 0 Å². The van der Waals surface area contributed by atoms with Crippen molar-refractivity contribution in [3.8, 4) is 11.4 Å². The van der Waals surface area contributed by atoms with Crippen LogP contribution in [0.15, 0.2) is 53.3 Å². The second-order valence-electron chi connectivity index (χ2n) is 7.16. The molecule has 0 unspecified atom stereocenters. The first-order valence-electron chi connectivity index (χ1n) is 9.46. The van der Waals surface area contributed by atoms with Crippen molar-refractivity contribution in [1.29, 1.82) is 0 Å². The van der Waals surface area contributed by atoms with Crippen LogP contribution in [0.4, 0.5) is 9.18 Å². The van der Waals surface area contributed by atoms with Crippen molar-refractivity contribution >= 4 is 6.03 Å². The summed E-state index contributed by atoms with van der Waals surface area (Å²) in [4.78, 5) is 34.0. The molecule has 7 heteroatoms. The topological polar surface area (TPSA) is 78.1 Å². The number of carbonyl (C=O) groups excluding carboxylic acids is 1. The summed E-state index contributed by atoms with van der Waals surface area (Å²) in [6, 6.07) is 13.6. The zero-order valence-electron chi connectivity index (χ0n) is 16.0. The van der Waals surface area contributed by atoms with E-state index >= 15 is 0 Å². The molecule has 0 aliphatic carbocycles. The van der Waals surface area contributed by atoms with Crippen LogP contribution in [0.25, 0.3) is 11.4 Å². The Labute approximate surface area is 167 Å². The minimum atomic E-state index is -0.356. The number of aromatic amines is 1. The van der Waals surface area contributed by atoms with Crippen LogP contribution in [0.5, 0.6) is 0 Å². The molecule has 0 bridgehead atoms. The van der Waals surface area contributed by atoms with Crippen LogP contribution in [0.1, 0.15) is 22.4 Å². The molecule has 2 heterocycles. The number of urea groups is 1. The van der Waals surface area contributed by atoms with Gasteiger partial charge in [0, 0.05) is 24.2 Å². The molecule has 0 radical (unpaired) electrons. The lowest BCUT2D eigenvalue weighted by Crippen LogP contribution is -2.44. The third kappa shape index (κ3) is 4.18. The summed E-state index contributed by atoms with van der Waals surface area (Å²) in [6.45, 7) is 3.16. The first kappa shape index (κ1) is 18.9. The maximum atomic E-state index is 13.2. The van der Waals surface area contributed by atoms with Gasteiger partial charge in [-0.3, -0.25) is 4.79 Å². The SMILES string of the molecule is Cc1ccc(CNC(=O)N2CCc3c(nc(-c4ccc(F)cc4)[nH]c3=O)C2)cc1. The van der Waals surface area contributed by atoms with E-state index in [0.29, 0.717) is 42.2 Å². The van der Waals surface area contributed by atoms with Crippen molar-refractivity contribution in [2.24, 2.45) is 0 Å². The van der Waals surface area contributed by atoms with Crippen LogP contribution in [-0.2, 0) is 19.5 Å². The molecule has 4 rings (SSSR count). The summed E-state index contributed by atoms with van der Waals surface area (Å²) >= 11 is 0. The smallest absolute Gasteiger partial charge is 0.318 e. The molecule has 0 atom stereocenters. The van der Waals surface area contributed by atoms with Gasteiger partial charge in [0.2, 0.25) is 0 Å². The number of benzene rings is 2. The minimum Gasteiger partial charge on any atom is -0.334 e. The van der Waals surface area contributed by atoms with Crippen LogP contribution < -0.4 is 10.9 Å². The molecular weight excluding hydrogens is 371 g/mol. The van der Waals surface area contributed by atoms with Gasteiger partial charge in [-0.25, -0.2) is 14.2 Å². The molecule has 148 valence electrons. The van der Waals surface area contributed by atoms with Crippen LogP contribution in [-0.4, -0.2) is 27.4 Å². The Hall–Kier alpha value is -3.48. The fraction of sp³-hybridized carbons (Fsp3) is 0.227. The summed E-state index contributed by atoms with van der Waals surface area (Å²) in [5, 5.41) is 2.92. The van der Waals surface area contributed by atoms with E-state index in [1.165, 1.54) is 17.7 Å². The van der Waals surface area contributed by atoms with Crippen LogP contribution in [0.2, 0.25) is 0 Å². The highest BCUT2D eigenvalue weighted by Gasteiger charge is 2.24. The number of fused-ring (bicyclic) bond motifs is 1. The summed E-state index contributed by atoms with van der Waals surface area (Å²) < 4.78 is 13.2. The molecule has 0 fully saturated rings. The molecule has 2 aromatic carbocycles. The summed E-state index contributed by atoms with van der Waals surface area (Å²) in [5.41, 5.74) is 3.76. The summed E-state index contributed by atoms with van der Waals surface area (Å²) in [5.74, 6) is 0.0149. The van der Waals surface area contributed by atoms with Crippen LogP contribution in [0.3, 0.4) is 0 Å². The average Bonchev–Trinajstić information content (AvgIpc) is 2.73. The molecule has 2 N–H and O–H groups in total. The van der Waals surface area contributed by atoms with Crippen LogP contribution in [0, 0.1) is 12.7 Å². The number of nitrogens with one attached hydrogen (secondary N) is 2. The highest BCUT2D eigenvalue weighted by molar-refractivity contribution is 5.74. The van der Waals surface area contributed by atoms with Crippen molar-refractivity contribution in [2.75, 3.05) is 6.54 Å². The quantitative estimate of drug-likeness (QED) is 0.719. The molecule has 3 aromatic rings. The Morgan fingerprint density at radius 2 is 1.90 bits per heavy atom. The molecular formula is C22H21FN4O2. The fourth-order valence-electron chi connectivity index (χ4n) is 3.35. The number of nitrogens with zero attached hydrogens (tertiary/aromatic N) is 2. The van der Waals surface area contributed by atoms with Crippen molar-refractivity contribution in [2.45, 2.75) is 26.4 Å². The second kappa shape index (κ2) is 7.87. The zero-order chi connectivity index (χ0) is 20.4. The van der Waals surface area contributed by atoms with E-state index in [-0.39, 0.29) is 24.0 Å². The number of carbonyl (C=O) groups is 1. The van der Waals surface area contributed by atoms with E-state index in [9.17, 15) is 14.0 Å². The number of hydrogen-bond acceptors (Lipinski definition) is 3. The standard InChI is InChI=1S/C22H21FN4O2/c1-14-2-4-15(5-3-14)12-24-22(29)27-11-10-18-19(13-27)25-20(26-21(18)28)16-6-8-17(23)9-7-16/h2-9H,10-13H2,1H3,(H,24,29)(H,25,26,28). The number of rotatable bonds is 3. The Morgan fingerprint density at radius 3 is 2.62 bits per heavy atom. The normalized spacial score (nSPS) is 13.1. The maximum Gasteiger partial charge on any atom is 0.318 e. The number of aromatic nitrogens is 2. The van der Waals surface area contributed by atoms with E-state index < -0.39 is 0 Å². The number of halogens is 1. The molecule has 1 aromatic heterocycles. The maximum absolute atomic E-state index is 13.2. The zero-order valence-corrected chi connectivity index (χ0v) is 16.0. The Balaban J connectivity index is 1.49. The predicted octanol–water partition coefficient (Wildman–Crippen LogP) is 3.15. The highest BCUT2D eigenvalue weighted by Crippen LogP contribution is 2.19. The van der Waals surface area contributed by atoms with Gasteiger partial charge >= 0.3 is 6.03 Å². The molecule has 2 amide bonds. The van der Waals surface area contributed by atoms with Gasteiger partial charge < -0.3 is 15.2 Å². The van der Waals surface area contributed by atoms with Crippen molar-refractivity contribution in [3.63, 3.8) is 0 Å². The van der Waals surface area contributed by atoms with E-state index in [4.69, 9.17) is 0 Å². The third-order valence-electron chi connectivity index (χ3n) is 5.04. The van der Waals surface area contributed by atoms with Gasteiger partial charge in [0.25, 0.3) is 5.56 Å². The molecule has 1 aliphatic rings. The first-order chi connectivity index (χ1) is 14.0. The Morgan fingerprint density at radius 1 is 1.17 bits per heavy atom. The van der Waals surface area contributed by atoms with Gasteiger partial charge in [-0.2, -0.15) is 0 Å². The number of hydrogen-bond donors (Lipinski definition) is 2. The second-order valence-corrected chi connectivity index (χ2v) is 7.16. The van der Waals surface area contributed by atoms with Gasteiger partial charge in [-0.15, -0.1) is 0 Å². The largest absolute Gasteiger partial charge is 0.334 e. The third-order valence-corrected chi connectivity index (χ3v) is 5.04. The van der Waals surface area contributed by atoms with Crippen molar-refractivity contribution < 1.29 is 9.18 Å². The highest BCUT2D eigenvalue weighted by atomic mass is 19.1. The molecule has 6 nitrogen and oxygen atoms in total. The number of amides is 2. The lowest BCUT2D eigenvalue weighted by molar-refractivity contribution is 0.190. The molecule has 0 spiro atoms. The van der Waals surface area contributed by atoms with Gasteiger partial charge in [-0.05, 0) is 43.2 Å². The van der Waals surface area contributed by atoms with Gasteiger partial charge in [-0.1, -0.05) is 29.8 Å². The molecule has 1 aliphatic heterocycles. The first-order valence-corrected chi connectivity index (χ1v) is 9.46. The van der Waals surface area contributed by atoms with Gasteiger partial charge in [0.15, 0.2) is 0 Å². The van der Waals surface area contributed by atoms with E-state index in [2.05, 4.69) is 15.3 Å². The fourth-order valence-corrected chi connectivity index (χ4v) is 3.35. The summed E-state index contributed by atoms with van der Waals surface area (Å²) in [7, 11) is 0. The van der Waals surface area contributed by atoms with Crippen molar-refractivity contribution in [3.05, 3.63) is 87.1 Å². The molecule has 0 saturated carbocycles.